The molecule has 1 atom stereocenters. The highest BCUT2D eigenvalue weighted by Gasteiger charge is 2.32. The van der Waals surface area contributed by atoms with E-state index < -0.39 is 11.6 Å². The van der Waals surface area contributed by atoms with Gasteiger partial charge in [0.1, 0.15) is 6.33 Å². The Morgan fingerprint density at radius 2 is 2.53 bits per heavy atom. The number of carbonyl (C=O) groups excluding carboxylic acids is 1. The number of nitrogen functional groups attached to an aromatic ring is 1. The maximum absolute atomic E-state index is 11.1. The molecule has 0 spiro atoms. The number of ether oxygens (including phenoxy) is 1. The molecule has 1 aromatic rings. The van der Waals surface area contributed by atoms with Crippen LogP contribution in [0.5, 0.6) is 0 Å². The summed E-state index contributed by atoms with van der Waals surface area (Å²) in [5.41, 5.74) is -1.56. The minimum absolute atomic E-state index is 0.0928. The van der Waals surface area contributed by atoms with E-state index in [0.29, 0.717) is 5.16 Å². The minimum atomic E-state index is -1.56. The topological polar surface area (TPSA) is 103 Å². The molecule has 1 rings (SSSR count). The lowest BCUT2D eigenvalue weighted by Crippen LogP contribution is -2.38. The average Bonchev–Trinajstić information content (AvgIpc) is 2.60. The molecule has 0 aromatic carbocycles. The van der Waals surface area contributed by atoms with Gasteiger partial charge in [0.2, 0.25) is 5.16 Å². The van der Waals surface area contributed by atoms with Crippen LogP contribution in [-0.2, 0) is 9.53 Å². The van der Waals surface area contributed by atoms with Crippen molar-refractivity contribution in [2.75, 3.05) is 18.7 Å². The Bertz CT molecular complexity index is 352. The van der Waals surface area contributed by atoms with Gasteiger partial charge in [0.15, 0.2) is 5.60 Å². The van der Waals surface area contributed by atoms with Crippen molar-refractivity contribution >= 4 is 17.7 Å². The van der Waals surface area contributed by atoms with Crippen LogP contribution in [0.2, 0.25) is 0 Å². The van der Waals surface area contributed by atoms with E-state index in [-0.39, 0.29) is 5.75 Å². The fourth-order valence-electron chi connectivity index (χ4n) is 0.819. The van der Waals surface area contributed by atoms with Crippen LogP contribution in [0.15, 0.2) is 11.5 Å². The third-order valence-electron chi connectivity index (χ3n) is 1.65. The normalized spacial score (nSPS) is 14.6. The summed E-state index contributed by atoms with van der Waals surface area (Å²) in [7, 11) is 1.22. The predicted molar refractivity (Wildman–Crippen MR) is 53.5 cm³/mol. The van der Waals surface area contributed by atoms with Crippen molar-refractivity contribution in [3.05, 3.63) is 6.33 Å². The van der Waals surface area contributed by atoms with Crippen molar-refractivity contribution < 1.29 is 14.6 Å². The summed E-state index contributed by atoms with van der Waals surface area (Å²) in [5.74, 6) is 4.85. The molecule has 0 aliphatic carbocycles. The summed E-state index contributed by atoms with van der Waals surface area (Å²) in [5, 5.41) is 17.3. The molecule has 0 aliphatic rings. The summed E-state index contributed by atoms with van der Waals surface area (Å²) in [6.45, 7) is 1.36. The summed E-state index contributed by atoms with van der Waals surface area (Å²) in [6, 6.07) is 0. The average molecular weight is 232 g/mol. The molecule has 0 fully saturated rings. The van der Waals surface area contributed by atoms with Crippen LogP contribution in [0.4, 0.5) is 0 Å². The monoisotopic (exact) mass is 232 g/mol. The Morgan fingerprint density at radius 1 is 1.87 bits per heavy atom. The first kappa shape index (κ1) is 11.8. The number of nitrogens with zero attached hydrogens (tertiary/aromatic N) is 3. The van der Waals surface area contributed by atoms with Gasteiger partial charge in [0.05, 0.1) is 7.11 Å². The lowest BCUT2D eigenvalue weighted by atomic mass is 10.1. The van der Waals surface area contributed by atoms with Crippen LogP contribution in [0.3, 0.4) is 0 Å². The van der Waals surface area contributed by atoms with Gasteiger partial charge < -0.3 is 15.7 Å². The van der Waals surface area contributed by atoms with Crippen molar-refractivity contribution in [3.63, 3.8) is 0 Å². The smallest absolute Gasteiger partial charge is 0.338 e. The Morgan fingerprint density at radius 3 is 3.00 bits per heavy atom. The Hall–Kier alpha value is -1.28. The maximum atomic E-state index is 11.1. The summed E-state index contributed by atoms with van der Waals surface area (Å²) in [6.07, 6.45) is 1.33. The van der Waals surface area contributed by atoms with Crippen LogP contribution in [0, 0.1) is 0 Å². The van der Waals surface area contributed by atoms with Crippen molar-refractivity contribution in [1.29, 1.82) is 0 Å². The number of hydrogen-bond donors (Lipinski definition) is 2. The van der Waals surface area contributed by atoms with E-state index in [2.05, 4.69) is 14.9 Å². The number of aliphatic hydroxyl groups is 1. The van der Waals surface area contributed by atoms with E-state index >= 15 is 0 Å². The first-order valence-corrected chi connectivity index (χ1v) is 5.04. The number of aromatic nitrogens is 3. The molecule has 0 radical (unpaired) electrons. The lowest BCUT2D eigenvalue weighted by Gasteiger charge is -2.18. The van der Waals surface area contributed by atoms with Gasteiger partial charge in [-0.25, -0.2) is 9.47 Å². The lowest BCUT2D eigenvalue weighted by molar-refractivity contribution is -0.158. The third-order valence-corrected chi connectivity index (χ3v) is 2.90. The highest BCUT2D eigenvalue weighted by molar-refractivity contribution is 7.99. The zero-order chi connectivity index (χ0) is 11.5. The van der Waals surface area contributed by atoms with Crippen LogP contribution < -0.4 is 5.84 Å². The molecular formula is C7H12N4O3S. The highest BCUT2D eigenvalue weighted by Crippen LogP contribution is 2.20. The van der Waals surface area contributed by atoms with Gasteiger partial charge in [0.25, 0.3) is 0 Å². The molecule has 0 aliphatic heterocycles. The molecule has 0 bridgehead atoms. The molecule has 8 heteroatoms. The molecule has 1 heterocycles. The van der Waals surface area contributed by atoms with Crippen LogP contribution >= 0.6 is 11.8 Å². The first-order chi connectivity index (χ1) is 6.97. The largest absolute Gasteiger partial charge is 0.467 e. The van der Waals surface area contributed by atoms with Crippen molar-refractivity contribution in [2.24, 2.45) is 0 Å². The molecule has 84 valence electrons. The van der Waals surface area contributed by atoms with Gasteiger partial charge in [0, 0.05) is 5.75 Å². The molecule has 15 heavy (non-hydrogen) atoms. The van der Waals surface area contributed by atoms with Gasteiger partial charge in [-0.1, -0.05) is 11.8 Å². The van der Waals surface area contributed by atoms with Crippen LogP contribution in [0.25, 0.3) is 0 Å². The number of methoxy groups -OCH3 is 1. The molecular weight excluding hydrogens is 220 g/mol. The quantitative estimate of drug-likeness (QED) is 0.390. The zero-order valence-corrected chi connectivity index (χ0v) is 9.19. The van der Waals surface area contributed by atoms with Gasteiger partial charge in [-0.05, 0) is 6.92 Å². The SMILES string of the molecule is COC(=O)C(C)(O)CSc1nncn1N. The Balaban J connectivity index is 2.57. The number of thioether (sulfide) groups is 1. The standard InChI is InChI=1S/C7H12N4O3S/c1-7(13,5(12)14-2)3-15-6-10-9-4-11(6)8/h4,13H,3,8H2,1-2H3. The fourth-order valence-corrected chi connectivity index (χ4v) is 1.65. The molecule has 0 saturated heterocycles. The molecule has 0 saturated carbocycles. The Labute approximate surface area is 90.6 Å². The van der Waals surface area contributed by atoms with E-state index in [0.717, 1.165) is 11.8 Å². The van der Waals surface area contributed by atoms with Gasteiger partial charge in [-0.3, -0.25) is 0 Å². The van der Waals surface area contributed by atoms with E-state index in [4.69, 9.17) is 5.84 Å². The number of nitrogens with two attached hydrogens (primary N) is 1. The van der Waals surface area contributed by atoms with Gasteiger partial charge in [-0.2, -0.15) is 0 Å². The number of esters is 1. The van der Waals surface area contributed by atoms with Gasteiger partial charge >= 0.3 is 5.97 Å². The van der Waals surface area contributed by atoms with Crippen LogP contribution in [-0.4, -0.2) is 44.4 Å². The molecule has 0 amide bonds. The van der Waals surface area contributed by atoms with Gasteiger partial charge in [-0.15, -0.1) is 10.2 Å². The molecule has 1 aromatic heterocycles. The predicted octanol–water partition coefficient (Wildman–Crippen LogP) is -0.992. The number of rotatable bonds is 4. The summed E-state index contributed by atoms with van der Waals surface area (Å²) >= 11 is 1.12. The maximum Gasteiger partial charge on any atom is 0.338 e. The molecule has 7 nitrogen and oxygen atoms in total. The van der Waals surface area contributed by atoms with E-state index in [9.17, 15) is 9.90 Å². The van der Waals surface area contributed by atoms with Crippen molar-refractivity contribution in [2.45, 2.75) is 17.7 Å². The summed E-state index contributed by atoms with van der Waals surface area (Å²) < 4.78 is 5.65. The minimum Gasteiger partial charge on any atom is -0.467 e. The highest BCUT2D eigenvalue weighted by atomic mass is 32.2. The number of hydrogen-bond acceptors (Lipinski definition) is 7. The zero-order valence-electron chi connectivity index (χ0n) is 8.38. The van der Waals surface area contributed by atoms with Crippen molar-refractivity contribution in [3.8, 4) is 0 Å². The fraction of sp³-hybridized carbons (Fsp3) is 0.571. The van der Waals surface area contributed by atoms with E-state index in [1.165, 1.54) is 25.0 Å². The Kier molecular flexibility index (Phi) is 3.53. The second kappa shape index (κ2) is 4.49. The first-order valence-electron chi connectivity index (χ1n) is 4.06. The molecule has 1 unspecified atom stereocenters. The van der Waals surface area contributed by atoms with E-state index in [1.54, 1.807) is 0 Å². The third kappa shape index (κ3) is 2.83. The second-order valence-corrected chi connectivity index (χ2v) is 4.02. The van der Waals surface area contributed by atoms with Crippen molar-refractivity contribution in [1.82, 2.24) is 14.9 Å². The molecule has 3 N–H and O–H groups in total. The number of carbonyl (C=O) groups is 1. The summed E-state index contributed by atoms with van der Waals surface area (Å²) in [4.78, 5) is 11.1. The van der Waals surface area contributed by atoms with E-state index in [1.807, 2.05) is 0 Å². The van der Waals surface area contributed by atoms with Crippen LogP contribution in [0.1, 0.15) is 6.92 Å². The second-order valence-electron chi connectivity index (χ2n) is 3.07.